The molecule has 92 valence electrons. The number of carbonyl (C=O) groups is 1. The fourth-order valence-electron chi connectivity index (χ4n) is 2.83. The largest absolute Gasteiger partial charge is 0.385 e. The SMILES string of the molecule is C#CC(C)N1C(=O)N=C(N)C12CCCN(C)C2. The van der Waals surface area contributed by atoms with Gasteiger partial charge in [0.25, 0.3) is 0 Å². The number of terminal acetylenes is 1. The summed E-state index contributed by atoms with van der Waals surface area (Å²) in [4.78, 5) is 19.7. The van der Waals surface area contributed by atoms with Crippen LogP contribution in [0.2, 0.25) is 0 Å². The normalized spacial score (nSPS) is 31.5. The predicted octanol–water partition coefficient (Wildman–Crippen LogP) is 0.265. The Hall–Kier alpha value is -1.54. The van der Waals surface area contributed by atoms with Crippen molar-refractivity contribution in [3.63, 3.8) is 0 Å². The van der Waals surface area contributed by atoms with Gasteiger partial charge in [-0.1, -0.05) is 5.92 Å². The van der Waals surface area contributed by atoms with Gasteiger partial charge >= 0.3 is 6.03 Å². The van der Waals surface area contributed by atoms with Crippen molar-refractivity contribution in [1.29, 1.82) is 0 Å². The fourth-order valence-corrected chi connectivity index (χ4v) is 2.83. The molecule has 2 amide bonds. The lowest BCUT2D eigenvalue weighted by Gasteiger charge is -2.45. The number of carbonyl (C=O) groups excluding carboxylic acids is 1. The highest BCUT2D eigenvalue weighted by Gasteiger charge is 2.51. The van der Waals surface area contributed by atoms with Gasteiger partial charge in [0.05, 0.1) is 6.04 Å². The summed E-state index contributed by atoms with van der Waals surface area (Å²) in [5, 5.41) is 0. The van der Waals surface area contributed by atoms with Crippen LogP contribution >= 0.6 is 0 Å². The maximum atomic E-state index is 11.9. The van der Waals surface area contributed by atoms with E-state index in [0.29, 0.717) is 12.4 Å². The third-order valence-electron chi connectivity index (χ3n) is 3.65. The molecule has 2 N–H and O–H groups in total. The van der Waals surface area contributed by atoms with E-state index in [-0.39, 0.29) is 12.1 Å². The van der Waals surface area contributed by atoms with E-state index in [4.69, 9.17) is 12.2 Å². The molecule has 2 atom stereocenters. The Morgan fingerprint density at radius 3 is 2.94 bits per heavy atom. The number of hydrogen-bond acceptors (Lipinski definition) is 3. The van der Waals surface area contributed by atoms with Crippen LogP contribution in [-0.2, 0) is 0 Å². The van der Waals surface area contributed by atoms with Crippen molar-refractivity contribution in [3.8, 4) is 12.3 Å². The smallest absolute Gasteiger partial charge is 0.347 e. The minimum Gasteiger partial charge on any atom is -0.385 e. The molecule has 0 aromatic heterocycles. The molecule has 2 unspecified atom stereocenters. The van der Waals surface area contributed by atoms with Crippen molar-refractivity contribution >= 4 is 11.9 Å². The van der Waals surface area contributed by atoms with Crippen molar-refractivity contribution in [3.05, 3.63) is 0 Å². The van der Waals surface area contributed by atoms with Gasteiger partial charge in [-0.3, -0.25) is 4.90 Å². The molecule has 0 aliphatic carbocycles. The second-order valence-corrected chi connectivity index (χ2v) is 4.87. The van der Waals surface area contributed by atoms with E-state index in [2.05, 4.69) is 15.8 Å². The van der Waals surface area contributed by atoms with Crippen molar-refractivity contribution in [2.75, 3.05) is 20.1 Å². The van der Waals surface area contributed by atoms with E-state index in [0.717, 1.165) is 19.4 Å². The van der Waals surface area contributed by atoms with Crippen LogP contribution in [0.3, 0.4) is 0 Å². The van der Waals surface area contributed by atoms with Crippen LogP contribution in [0.25, 0.3) is 0 Å². The average Bonchev–Trinajstić information content (AvgIpc) is 2.50. The first kappa shape index (κ1) is 11.9. The number of aliphatic imine (C=N–C) groups is 1. The second kappa shape index (κ2) is 4.04. The molecule has 0 radical (unpaired) electrons. The lowest BCUT2D eigenvalue weighted by molar-refractivity contribution is 0.0939. The minimum atomic E-state index is -0.490. The minimum absolute atomic E-state index is 0.279. The van der Waals surface area contributed by atoms with Crippen LogP contribution in [0.15, 0.2) is 4.99 Å². The number of rotatable bonds is 1. The third-order valence-corrected chi connectivity index (χ3v) is 3.65. The summed E-state index contributed by atoms with van der Waals surface area (Å²) in [7, 11) is 2.02. The molecule has 2 heterocycles. The molecule has 0 aromatic rings. The predicted molar refractivity (Wildman–Crippen MR) is 66.6 cm³/mol. The Morgan fingerprint density at radius 1 is 1.65 bits per heavy atom. The number of likely N-dealkylation sites (N-methyl/N-ethyl adjacent to an activating group) is 1. The molecular weight excluding hydrogens is 216 g/mol. The first-order valence-electron chi connectivity index (χ1n) is 5.84. The molecule has 0 saturated carbocycles. The van der Waals surface area contributed by atoms with Crippen LogP contribution in [0.1, 0.15) is 19.8 Å². The highest BCUT2D eigenvalue weighted by molar-refractivity contribution is 6.06. The summed E-state index contributed by atoms with van der Waals surface area (Å²) in [6.45, 7) is 3.56. The van der Waals surface area contributed by atoms with Gasteiger partial charge < -0.3 is 10.6 Å². The monoisotopic (exact) mass is 234 g/mol. The summed E-state index contributed by atoms with van der Waals surface area (Å²) in [5.41, 5.74) is 5.48. The second-order valence-electron chi connectivity index (χ2n) is 4.87. The number of urea groups is 1. The summed E-state index contributed by atoms with van der Waals surface area (Å²) in [6.07, 6.45) is 7.27. The summed E-state index contributed by atoms with van der Waals surface area (Å²) in [6, 6.07) is -0.581. The lowest BCUT2D eigenvalue weighted by atomic mass is 9.86. The average molecular weight is 234 g/mol. The molecule has 5 nitrogen and oxygen atoms in total. The molecule has 2 rings (SSSR count). The Kier molecular flexibility index (Phi) is 2.84. The molecule has 1 saturated heterocycles. The van der Waals surface area contributed by atoms with Gasteiger partial charge in [0, 0.05) is 6.54 Å². The maximum absolute atomic E-state index is 11.9. The third kappa shape index (κ3) is 1.69. The van der Waals surface area contributed by atoms with Gasteiger partial charge in [-0.05, 0) is 33.4 Å². The van der Waals surface area contributed by atoms with Crippen LogP contribution in [0, 0.1) is 12.3 Å². The highest BCUT2D eigenvalue weighted by Crippen LogP contribution is 2.33. The van der Waals surface area contributed by atoms with E-state index >= 15 is 0 Å². The van der Waals surface area contributed by atoms with Gasteiger partial charge in [-0.15, -0.1) is 6.42 Å². The van der Waals surface area contributed by atoms with E-state index in [1.54, 1.807) is 4.90 Å². The molecule has 0 bridgehead atoms. The number of amides is 2. The summed E-state index contributed by atoms with van der Waals surface area (Å²) in [5.74, 6) is 3.02. The quantitative estimate of drug-likeness (QED) is 0.662. The van der Waals surface area contributed by atoms with E-state index in [1.807, 2.05) is 14.0 Å². The molecular formula is C12H18N4O. The van der Waals surface area contributed by atoms with Crippen molar-refractivity contribution in [1.82, 2.24) is 9.80 Å². The molecule has 2 aliphatic rings. The zero-order valence-corrected chi connectivity index (χ0v) is 10.3. The first-order valence-corrected chi connectivity index (χ1v) is 5.84. The Morgan fingerprint density at radius 2 is 2.35 bits per heavy atom. The molecule has 17 heavy (non-hydrogen) atoms. The summed E-state index contributed by atoms with van der Waals surface area (Å²) < 4.78 is 0. The Bertz CT molecular complexity index is 411. The van der Waals surface area contributed by atoms with Crippen LogP contribution in [0.5, 0.6) is 0 Å². The molecule has 5 heteroatoms. The van der Waals surface area contributed by atoms with Crippen molar-refractivity contribution in [2.24, 2.45) is 10.7 Å². The van der Waals surface area contributed by atoms with Gasteiger partial charge in [0.2, 0.25) is 0 Å². The van der Waals surface area contributed by atoms with Gasteiger partial charge in [-0.25, -0.2) is 4.79 Å². The van der Waals surface area contributed by atoms with Crippen LogP contribution in [-0.4, -0.2) is 53.4 Å². The van der Waals surface area contributed by atoms with Gasteiger partial charge in [-0.2, -0.15) is 4.99 Å². The Balaban J connectivity index is 2.38. The maximum Gasteiger partial charge on any atom is 0.347 e. The zero-order chi connectivity index (χ0) is 12.6. The number of likely N-dealkylation sites (tertiary alicyclic amines) is 1. The number of hydrogen-bond donors (Lipinski definition) is 1. The summed E-state index contributed by atoms with van der Waals surface area (Å²) >= 11 is 0. The van der Waals surface area contributed by atoms with Gasteiger partial charge in [0.15, 0.2) is 0 Å². The molecule has 1 fully saturated rings. The number of amidine groups is 1. The molecule has 2 aliphatic heterocycles. The van der Waals surface area contributed by atoms with Crippen molar-refractivity contribution < 1.29 is 4.79 Å². The first-order chi connectivity index (χ1) is 8.01. The van der Waals surface area contributed by atoms with Crippen LogP contribution in [0.4, 0.5) is 4.79 Å². The van der Waals surface area contributed by atoms with E-state index < -0.39 is 5.54 Å². The number of nitrogens with zero attached hydrogens (tertiary/aromatic N) is 3. The fraction of sp³-hybridized carbons (Fsp3) is 0.667. The van der Waals surface area contributed by atoms with Gasteiger partial charge in [0.1, 0.15) is 11.4 Å². The van der Waals surface area contributed by atoms with E-state index in [1.165, 1.54) is 0 Å². The standard InChI is InChI=1S/C12H18N4O/c1-4-9(2)16-11(17)14-10(13)12(16)6-5-7-15(3)8-12/h1,9H,5-8H2,2-3H3,(H2,13,14,17). The lowest BCUT2D eigenvalue weighted by Crippen LogP contribution is -2.64. The van der Waals surface area contributed by atoms with Crippen molar-refractivity contribution in [2.45, 2.75) is 31.3 Å². The molecule has 0 aromatic carbocycles. The Labute approximate surface area is 102 Å². The number of nitrogens with two attached hydrogens (primary N) is 1. The van der Waals surface area contributed by atoms with E-state index in [9.17, 15) is 4.79 Å². The topological polar surface area (TPSA) is 61.9 Å². The van der Waals surface area contributed by atoms with Crippen LogP contribution < -0.4 is 5.73 Å². The highest BCUT2D eigenvalue weighted by atomic mass is 16.2. The number of piperidine rings is 1. The molecule has 1 spiro atoms. The zero-order valence-electron chi connectivity index (χ0n) is 10.3.